The zero-order valence-electron chi connectivity index (χ0n) is 9.18. The number of ether oxygens (including phenoxy) is 2. The molecule has 1 fully saturated rings. The van der Waals surface area contributed by atoms with E-state index in [0.29, 0.717) is 13.2 Å². The largest absolute Gasteiger partial charge is 0.466 e. The molecule has 2 aliphatic rings. The highest BCUT2D eigenvalue weighted by Gasteiger charge is 2.59. The summed E-state index contributed by atoms with van der Waals surface area (Å²) in [7, 11) is 0. The number of hydrogen-bond acceptors (Lipinski definition) is 3. The van der Waals surface area contributed by atoms with Gasteiger partial charge in [0.05, 0.1) is 25.2 Å². The molecule has 0 amide bonds. The van der Waals surface area contributed by atoms with Crippen LogP contribution in [0.2, 0.25) is 0 Å². The van der Waals surface area contributed by atoms with Crippen LogP contribution in [-0.4, -0.2) is 18.7 Å². The fourth-order valence-corrected chi connectivity index (χ4v) is 2.56. The summed E-state index contributed by atoms with van der Waals surface area (Å²) in [5.41, 5.74) is 2.47. The first-order chi connectivity index (χ1) is 7.83. The second-order valence-corrected chi connectivity index (χ2v) is 4.28. The van der Waals surface area contributed by atoms with Crippen molar-refractivity contribution in [2.24, 2.45) is 5.92 Å². The number of carbonyl (C=O) groups excluding carboxylic acids is 1. The van der Waals surface area contributed by atoms with Crippen molar-refractivity contribution in [2.75, 3.05) is 6.61 Å². The molecule has 0 bridgehead atoms. The second kappa shape index (κ2) is 3.59. The minimum absolute atomic E-state index is 0.0500. The third-order valence-corrected chi connectivity index (χ3v) is 3.36. The number of carbonyl (C=O) groups is 1. The number of esters is 1. The second-order valence-electron chi connectivity index (χ2n) is 4.28. The van der Waals surface area contributed by atoms with Crippen LogP contribution in [0, 0.1) is 5.92 Å². The molecule has 0 saturated heterocycles. The Morgan fingerprint density at radius 1 is 1.50 bits per heavy atom. The van der Waals surface area contributed by atoms with Gasteiger partial charge in [-0.15, -0.1) is 0 Å². The lowest BCUT2D eigenvalue weighted by Crippen LogP contribution is -2.10. The van der Waals surface area contributed by atoms with Crippen molar-refractivity contribution in [3.05, 3.63) is 35.4 Å². The average Bonchev–Trinajstić information content (AvgIpc) is 3.04. The van der Waals surface area contributed by atoms with Gasteiger partial charge < -0.3 is 9.47 Å². The molecule has 1 aromatic rings. The van der Waals surface area contributed by atoms with Gasteiger partial charge in [0.15, 0.2) is 0 Å². The standard InChI is InChI=1S/C13H14O3/c1-2-15-13(14)11-10-9-6-4-3-5-8(9)7-16-12(10)11/h3-6,10-12H,2,7H2,1H3/t10-,11?,12-/m0/s1. The number of fused-ring (bicyclic) bond motifs is 3. The predicted molar refractivity (Wildman–Crippen MR) is 57.9 cm³/mol. The molecular formula is C13H14O3. The lowest BCUT2D eigenvalue weighted by molar-refractivity contribution is -0.145. The molecule has 1 aliphatic carbocycles. The highest BCUT2D eigenvalue weighted by atomic mass is 16.5. The van der Waals surface area contributed by atoms with Crippen LogP contribution in [0.25, 0.3) is 0 Å². The van der Waals surface area contributed by atoms with Crippen molar-refractivity contribution in [2.45, 2.75) is 25.6 Å². The zero-order valence-corrected chi connectivity index (χ0v) is 9.18. The molecule has 1 heterocycles. The molecule has 16 heavy (non-hydrogen) atoms. The van der Waals surface area contributed by atoms with E-state index in [2.05, 4.69) is 12.1 Å². The summed E-state index contributed by atoms with van der Waals surface area (Å²) in [6.07, 6.45) is 0.0500. The molecule has 1 unspecified atom stereocenters. The minimum Gasteiger partial charge on any atom is -0.466 e. The van der Waals surface area contributed by atoms with E-state index in [1.165, 1.54) is 11.1 Å². The summed E-state index contributed by atoms with van der Waals surface area (Å²) < 4.78 is 10.7. The van der Waals surface area contributed by atoms with Gasteiger partial charge in [-0.3, -0.25) is 4.79 Å². The van der Waals surface area contributed by atoms with Crippen LogP contribution < -0.4 is 0 Å². The van der Waals surface area contributed by atoms with E-state index < -0.39 is 0 Å². The summed E-state index contributed by atoms with van der Waals surface area (Å²) in [6.45, 7) is 2.89. The van der Waals surface area contributed by atoms with Crippen LogP contribution in [0.1, 0.15) is 24.0 Å². The highest BCUT2D eigenvalue weighted by molar-refractivity contribution is 5.79. The molecule has 3 nitrogen and oxygen atoms in total. The maximum absolute atomic E-state index is 11.7. The predicted octanol–water partition coefficient (Wildman–Crippen LogP) is 1.86. The number of hydrogen-bond donors (Lipinski definition) is 0. The highest BCUT2D eigenvalue weighted by Crippen LogP contribution is 2.54. The van der Waals surface area contributed by atoms with Crippen LogP contribution in [0.15, 0.2) is 24.3 Å². The van der Waals surface area contributed by atoms with Crippen LogP contribution in [0.4, 0.5) is 0 Å². The minimum atomic E-state index is -0.116. The van der Waals surface area contributed by atoms with Gasteiger partial charge in [-0.2, -0.15) is 0 Å². The van der Waals surface area contributed by atoms with Crippen molar-refractivity contribution in [1.29, 1.82) is 0 Å². The molecule has 1 aromatic carbocycles. The van der Waals surface area contributed by atoms with Gasteiger partial charge in [-0.05, 0) is 18.1 Å². The third kappa shape index (κ3) is 1.35. The van der Waals surface area contributed by atoms with E-state index in [1.807, 2.05) is 19.1 Å². The van der Waals surface area contributed by atoms with Gasteiger partial charge in [-0.1, -0.05) is 24.3 Å². The lowest BCUT2D eigenvalue weighted by Gasteiger charge is -2.14. The van der Waals surface area contributed by atoms with Crippen LogP contribution in [0.3, 0.4) is 0 Å². The fourth-order valence-electron chi connectivity index (χ4n) is 2.56. The van der Waals surface area contributed by atoms with Crippen molar-refractivity contribution in [3.63, 3.8) is 0 Å². The van der Waals surface area contributed by atoms with Crippen molar-refractivity contribution in [3.8, 4) is 0 Å². The molecule has 1 aliphatic heterocycles. The van der Waals surface area contributed by atoms with E-state index in [-0.39, 0.29) is 23.9 Å². The first-order valence-electron chi connectivity index (χ1n) is 5.69. The maximum atomic E-state index is 11.7. The fraction of sp³-hybridized carbons (Fsp3) is 0.462. The summed E-state index contributed by atoms with van der Waals surface area (Å²) in [5, 5.41) is 0. The van der Waals surface area contributed by atoms with Crippen LogP contribution in [0.5, 0.6) is 0 Å². The van der Waals surface area contributed by atoms with Crippen LogP contribution >= 0.6 is 0 Å². The molecular weight excluding hydrogens is 204 g/mol. The maximum Gasteiger partial charge on any atom is 0.312 e. The summed E-state index contributed by atoms with van der Waals surface area (Å²) in [6, 6.07) is 8.17. The first kappa shape index (κ1) is 9.85. The van der Waals surface area contributed by atoms with Gasteiger partial charge in [0, 0.05) is 5.92 Å². The third-order valence-electron chi connectivity index (χ3n) is 3.36. The number of rotatable bonds is 2. The lowest BCUT2D eigenvalue weighted by atomic mass is 10.0. The molecule has 3 atom stereocenters. The van der Waals surface area contributed by atoms with Crippen molar-refractivity contribution in [1.82, 2.24) is 0 Å². The smallest absolute Gasteiger partial charge is 0.312 e. The first-order valence-corrected chi connectivity index (χ1v) is 5.69. The molecule has 0 aromatic heterocycles. The van der Waals surface area contributed by atoms with E-state index in [9.17, 15) is 4.79 Å². The Balaban J connectivity index is 1.85. The number of benzene rings is 1. The normalized spacial score (nSPS) is 30.2. The molecule has 1 saturated carbocycles. The monoisotopic (exact) mass is 218 g/mol. The summed E-state index contributed by atoms with van der Waals surface area (Å²) in [5.74, 6) is 0.0294. The van der Waals surface area contributed by atoms with Gasteiger partial charge in [0.2, 0.25) is 0 Å². The van der Waals surface area contributed by atoms with E-state index in [4.69, 9.17) is 9.47 Å². The Hall–Kier alpha value is -1.35. The summed E-state index contributed by atoms with van der Waals surface area (Å²) in [4.78, 5) is 11.7. The topological polar surface area (TPSA) is 35.5 Å². The molecule has 3 rings (SSSR count). The SMILES string of the molecule is CCOC(=O)C1[C@H]2OCc3ccccc3[C@@H]12. The summed E-state index contributed by atoms with van der Waals surface area (Å²) >= 11 is 0. The van der Waals surface area contributed by atoms with Crippen molar-refractivity contribution < 1.29 is 14.3 Å². The van der Waals surface area contributed by atoms with Crippen LogP contribution in [-0.2, 0) is 20.9 Å². The Labute approximate surface area is 94.4 Å². The molecule has 84 valence electrons. The zero-order chi connectivity index (χ0) is 11.1. The molecule has 0 N–H and O–H groups in total. The van der Waals surface area contributed by atoms with Crippen molar-refractivity contribution >= 4 is 5.97 Å². The van der Waals surface area contributed by atoms with E-state index >= 15 is 0 Å². The molecule has 0 spiro atoms. The van der Waals surface area contributed by atoms with Gasteiger partial charge >= 0.3 is 5.97 Å². The Morgan fingerprint density at radius 2 is 2.31 bits per heavy atom. The Bertz CT molecular complexity index is 427. The Morgan fingerprint density at radius 3 is 3.12 bits per heavy atom. The van der Waals surface area contributed by atoms with Gasteiger partial charge in [-0.25, -0.2) is 0 Å². The quantitative estimate of drug-likeness (QED) is 0.711. The molecule has 3 heteroatoms. The van der Waals surface area contributed by atoms with Gasteiger partial charge in [0.1, 0.15) is 0 Å². The van der Waals surface area contributed by atoms with E-state index in [0.717, 1.165) is 0 Å². The molecule has 0 radical (unpaired) electrons. The van der Waals surface area contributed by atoms with Gasteiger partial charge in [0.25, 0.3) is 0 Å². The average molecular weight is 218 g/mol. The Kier molecular flexibility index (Phi) is 2.21. The van der Waals surface area contributed by atoms with E-state index in [1.54, 1.807) is 0 Å².